The Bertz CT molecular complexity index is 813. The highest BCUT2D eigenvalue weighted by atomic mass is 15.0. The maximum Gasteiger partial charge on any atom is 0.130 e. The zero-order valence-electron chi connectivity index (χ0n) is 19.4. The van der Waals surface area contributed by atoms with Gasteiger partial charge in [-0.15, -0.1) is 0 Å². The molecule has 0 saturated carbocycles. The molecule has 3 rings (SSSR count). The van der Waals surface area contributed by atoms with Crippen molar-refractivity contribution in [1.82, 2.24) is 0 Å². The Morgan fingerprint density at radius 2 is 0.793 bits per heavy atom. The summed E-state index contributed by atoms with van der Waals surface area (Å²) in [6, 6.07) is 13.5. The van der Waals surface area contributed by atoms with Gasteiger partial charge in [-0.05, 0) is 45.9 Å². The first kappa shape index (κ1) is 21.5. The molecule has 0 fully saturated rings. The molecule has 1 aliphatic rings. The van der Waals surface area contributed by atoms with Gasteiger partial charge in [0.1, 0.15) is 6.67 Å². The standard InChI is InChI=1S/C27H36N2/c1-16(2)20-11-9-12-21(17(3)4)24(20)26-27(29-15-28-26)25-22(18(5)6)13-10-14-23(25)19(7)8/h9-14,16-19H,15H2,1-8H3. The summed E-state index contributed by atoms with van der Waals surface area (Å²) in [4.78, 5) is 9.93. The van der Waals surface area contributed by atoms with Crippen molar-refractivity contribution in [1.29, 1.82) is 0 Å². The fourth-order valence-electron chi connectivity index (χ4n) is 4.37. The zero-order chi connectivity index (χ0) is 21.3. The number of benzene rings is 2. The molecule has 2 heteroatoms. The molecule has 0 amide bonds. The van der Waals surface area contributed by atoms with Gasteiger partial charge < -0.3 is 0 Å². The van der Waals surface area contributed by atoms with Gasteiger partial charge in [0.05, 0.1) is 11.4 Å². The van der Waals surface area contributed by atoms with Crippen LogP contribution in [-0.4, -0.2) is 18.1 Å². The Balaban J connectivity index is 2.28. The van der Waals surface area contributed by atoms with E-state index in [4.69, 9.17) is 9.98 Å². The average molecular weight is 389 g/mol. The number of hydrogen-bond acceptors (Lipinski definition) is 2. The first-order valence-electron chi connectivity index (χ1n) is 11.1. The van der Waals surface area contributed by atoms with E-state index in [2.05, 4.69) is 91.8 Å². The maximum atomic E-state index is 4.96. The van der Waals surface area contributed by atoms with Crippen molar-refractivity contribution in [2.45, 2.75) is 79.1 Å². The third kappa shape index (κ3) is 4.08. The van der Waals surface area contributed by atoms with E-state index in [0.29, 0.717) is 30.3 Å². The van der Waals surface area contributed by atoms with Crippen molar-refractivity contribution in [2.75, 3.05) is 6.67 Å². The molecular weight excluding hydrogens is 352 g/mol. The minimum absolute atomic E-state index is 0.443. The highest BCUT2D eigenvalue weighted by Gasteiger charge is 2.28. The summed E-state index contributed by atoms with van der Waals surface area (Å²) in [5.74, 6) is 1.77. The van der Waals surface area contributed by atoms with Crippen molar-refractivity contribution in [3.8, 4) is 0 Å². The van der Waals surface area contributed by atoms with Crippen molar-refractivity contribution < 1.29 is 0 Å². The van der Waals surface area contributed by atoms with Crippen LogP contribution >= 0.6 is 0 Å². The topological polar surface area (TPSA) is 24.7 Å². The van der Waals surface area contributed by atoms with E-state index in [-0.39, 0.29) is 0 Å². The van der Waals surface area contributed by atoms with Gasteiger partial charge in [-0.25, -0.2) is 0 Å². The lowest BCUT2D eigenvalue weighted by molar-refractivity contribution is 0.827. The highest BCUT2D eigenvalue weighted by molar-refractivity contribution is 6.55. The SMILES string of the molecule is CC(C)c1cccc(C(C)C)c1C1=NCN=C1c1c(C(C)C)cccc1C(C)C. The lowest BCUT2D eigenvalue weighted by Crippen LogP contribution is -2.22. The van der Waals surface area contributed by atoms with E-state index in [1.807, 2.05) is 0 Å². The number of nitrogens with zero attached hydrogens (tertiary/aromatic N) is 2. The molecular formula is C27H36N2. The van der Waals surface area contributed by atoms with Crippen LogP contribution in [0.1, 0.15) is 112 Å². The lowest BCUT2D eigenvalue weighted by Gasteiger charge is -2.24. The monoisotopic (exact) mass is 388 g/mol. The lowest BCUT2D eigenvalue weighted by atomic mass is 9.80. The fourth-order valence-corrected chi connectivity index (χ4v) is 4.37. The van der Waals surface area contributed by atoms with E-state index < -0.39 is 0 Å². The Morgan fingerprint density at radius 1 is 0.517 bits per heavy atom. The van der Waals surface area contributed by atoms with E-state index in [9.17, 15) is 0 Å². The third-order valence-electron chi connectivity index (χ3n) is 5.90. The summed E-state index contributed by atoms with van der Waals surface area (Å²) in [6.45, 7) is 18.7. The van der Waals surface area contributed by atoms with Gasteiger partial charge in [0.25, 0.3) is 0 Å². The minimum Gasteiger partial charge on any atom is -0.259 e. The van der Waals surface area contributed by atoms with Crippen LogP contribution in [0.3, 0.4) is 0 Å². The summed E-state index contributed by atoms with van der Waals surface area (Å²) >= 11 is 0. The molecule has 1 aliphatic heterocycles. The largest absolute Gasteiger partial charge is 0.259 e. The number of aliphatic imine (C=N–C) groups is 2. The molecule has 0 bridgehead atoms. The van der Waals surface area contributed by atoms with Gasteiger partial charge in [-0.2, -0.15) is 0 Å². The second kappa shape index (κ2) is 8.65. The molecule has 2 aromatic rings. The summed E-state index contributed by atoms with van der Waals surface area (Å²) < 4.78 is 0. The van der Waals surface area contributed by atoms with Crippen molar-refractivity contribution >= 4 is 11.4 Å². The summed E-state index contributed by atoms with van der Waals surface area (Å²) in [5, 5.41) is 0. The zero-order valence-corrected chi connectivity index (χ0v) is 19.4. The van der Waals surface area contributed by atoms with Gasteiger partial charge in [0, 0.05) is 11.1 Å². The molecule has 154 valence electrons. The van der Waals surface area contributed by atoms with E-state index in [1.165, 1.54) is 33.4 Å². The van der Waals surface area contributed by atoms with Gasteiger partial charge in [0.2, 0.25) is 0 Å². The van der Waals surface area contributed by atoms with E-state index >= 15 is 0 Å². The normalized spacial score (nSPS) is 14.3. The van der Waals surface area contributed by atoms with Crippen molar-refractivity contribution in [2.24, 2.45) is 9.98 Å². The molecule has 2 aromatic carbocycles. The Labute approximate surface area is 177 Å². The molecule has 0 spiro atoms. The fraction of sp³-hybridized carbons (Fsp3) is 0.481. The van der Waals surface area contributed by atoms with Gasteiger partial charge in [0.15, 0.2) is 0 Å². The van der Waals surface area contributed by atoms with Crippen LogP contribution in [0.4, 0.5) is 0 Å². The van der Waals surface area contributed by atoms with Gasteiger partial charge in [-0.3, -0.25) is 9.98 Å². The van der Waals surface area contributed by atoms with Crippen molar-refractivity contribution in [3.05, 3.63) is 69.8 Å². The average Bonchev–Trinajstić information content (AvgIpc) is 3.15. The van der Waals surface area contributed by atoms with Crippen molar-refractivity contribution in [3.63, 3.8) is 0 Å². The predicted octanol–water partition coefficient (Wildman–Crippen LogP) is 7.43. The van der Waals surface area contributed by atoms with Crippen LogP contribution in [0, 0.1) is 0 Å². The quantitative estimate of drug-likeness (QED) is 0.491. The molecule has 29 heavy (non-hydrogen) atoms. The third-order valence-corrected chi connectivity index (χ3v) is 5.90. The molecule has 0 aromatic heterocycles. The molecule has 2 nitrogen and oxygen atoms in total. The summed E-state index contributed by atoms with van der Waals surface area (Å²) in [5.41, 5.74) is 10.3. The molecule has 0 saturated heterocycles. The van der Waals surface area contributed by atoms with Crippen LogP contribution in [0.5, 0.6) is 0 Å². The van der Waals surface area contributed by atoms with Crippen LogP contribution in [0.25, 0.3) is 0 Å². The number of rotatable bonds is 6. The molecule has 0 N–H and O–H groups in total. The summed E-state index contributed by atoms with van der Waals surface area (Å²) in [6.07, 6.45) is 0. The maximum absolute atomic E-state index is 4.96. The molecule has 0 radical (unpaired) electrons. The second-order valence-electron chi connectivity index (χ2n) is 9.40. The predicted molar refractivity (Wildman–Crippen MR) is 127 cm³/mol. The molecule has 0 atom stereocenters. The Hall–Kier alpha value is -2.22. The molecule has 0 aliphatic carbocycles. The van der Waals surface area contributed by atoms with Crippen LogP contribution in [0.15, 0.2) is 46.4 Å². The van der Waals surface area contributed by atoms with Crippen LogP contribution in [0.2, 0.25) is 0 Å². The van der Waals surface area contributed by atoms with E-state index in [0.717, 1.165) is 11.4 Å². The molecule has 0 unspecified atom stereocenters. The van der Waals surface area contributed by atoms with Gasteiger partial charge >= 0.3 is 0 Å². The first-order valence-corrected chi connectivity index (χ1v) is 11.1. The highest BCUT2D eigenvalue weighted by Crippen LogP contribution is 2.34. The van der Waals surface area contributed by atoms with Crippen LogP contribution < -0.4 is 0 Å². The summed E-state index contributed by atoms with van der Waals surface area (Å²) in [7, 11) is 0. The molecule has 1 heterocycles. The first-order chi connectivity index (χ1) is 13.7. The smallest absolute Gasteiger partial charge is 0.130 e. The minimum atomic E-state index is 0.443. The van der Waals surface area contributed by atoms with Gasteiger partial charge in [-0.1, -0.05) is 91.8 Å². The van der Waals surface area contributed by atoms with E-state index in [1.54, 1.807) is 0 Å². The van der Waals surface area contributed by atoms with Crippen LogP contribution in [-0.2, 0) is 0 Å². The second-order valence-corrected chi connectivity index (χ2v) is 9.40. The number of hydrogen-bond donors (Lipinski definition) is 0. The Morgan fingerprint density at radius 3 is 1.03 bits per heavy atom. The Kier molecular flexibility index (Phi) is 6.41.